The molecule has 0 atom stereocenters. The van der Waals surface area contributed by atoms with Crippen molar-refractivity contribution in [2.75, 3.05) is 6.54 Å². The molecule has 0 radical (unpaired) electrons. The maximum atomic E-state index is 12.3. The number of hydrazine groups is 1. The van der Waals surface area contributed by atoms with Crippen molar-refractivity contribution in [1.82, 2.24) is 10.4 Å². The molecule has 1 N–H and O–H groups in total. The third-order valence-corrected chi connectivity index (χ3v) is 3.39. The predicted octanol–water partition coefficient (Wildman–Crippen LogP) is 4.98. The number of unbranched alkanes of at least 4 members (excludes halogenated alkanes) is 3. The number of carbonyl (C=O) groups excluding carboxylic acids is 3. The van der Waals surface area contributed by atoms with Gasteiger partial charge in [0.15, 0.2) is 0 Å². The maximum absolute atomic E-state index is 12.3. The molecule has 0 saturated heterocycles. The third kappa shape index (κ3) is 15.0. The number of amides is 2. The second kappa shape index (κ2) is 11.8. The molecule has 0 fully saturated rings. The summed E-state index contributed by atoms with van der Waals surface area (Å²) in [6.07, 6.45) is 4.19. The summed E-state index contributed by atoms with van der Waals surface area (Å²) in [4.78, 5) is 36.3. The largest absolute Gasteiger partial charge is 0.443 e. The zero-order chi connectivity index (χ0) is 21.1. The van der Waals surface area contributed by atoms with Crippen LogP contribution >= 0.6 is 0 Å². The summed E-state index contributed by atoms with van der Waals surface area (Å²) in [5, 5.41) is 1.07. The maximum Gasteiger partial charge on any atom is 0.429 e. The average Bonchev–Trinajstić information content (AvgIpc) is 2.47. The number of hydrogen-bond donors (Lipinski definition) is 1. The Balaban J connectivity index is 4.60. The van der Waals surface area contributed by atoms with E-state index < -0.39 is 23.4 Å². The van der Waals surface area contributed by atoms with Gasteiger partial charge in [-0.3, -0.25) is 4.79 Å². The van der Waals surface area contributed by atoms with Gasteiger partial charge in [0.05, 0.1) is 0 Å². The molecule has 0 heterocycles. The summed E-state index contributed by atoms with van der Waals surface area (Å²) >= 11 is 0. The molecule has 0 aromatic carbocycles. The molecule has 0 aromatic rings. The highest BCUT2D eigenvalue weighted by atomic mass is 16.6. The van der Waals surface area contributed by atoms with Gasteiger partial charge < -0.3 is 9.47 Å². The number of ketones is 1. The predicted molar refractivity (Wildman–Crippen MR) is 105 cm³/mol. The van der Waals surface area contributed by atoms with Gasteiger partial charge in [0.25, 0.3) is 0 Å². The first-order valence-electron chi connectivity index (χ1n) is 9.86. The minimum absolute atomic E-state index is 0.174. The lowest BCUT2D eigenvalue weighted by Gasteiger charge is -2.28. The van der Waals surface area contributed by atoms with E-state index in [0.29, 0.717) is 19.3 Å². The van der Waals surface area contributed by atoms with Crippen molar-refractivity contribution in [3.05, 3.63) is 0 Å². The van der Waals surface area contributed by atoms with Crippen molar-refractivity contribution >= 4 is 18.0 Å². The minimum Gasteiger partial charge on any atom is -0.443 e. The van der Waals surface area contributed by atoms with Crippen molar-refractivity contribution in [1.29, 1.82) is 0 Å². The zero-order valence-electron chi connectivity index (χ0n) is 18.1. The number of rotatable bonds is 9. The van der Waals surface area contributed by atoms with E-state index in [1.165, 1.54) is 0 Å². The highest BCUT2D eigenvalue weighted by Crippen LogP contribution is 2.12. The van der Waals surface area contributed by atoms with Gasteiger partial charge >= 0.3 is 12.2 Å². The molecule has 7 heteroatoms. The van der Waals surface area contributed by atoms with Gasteiger partial charge in [0.1, 0.15) is 17.0 Å². The summed E-state index contributed by atoms with van der Waals surface area (Å²) in [5.74, 6) is 0.174. The summed E-state index contributed by atoms with van der Waals surface area (Å²) in [6, 6.07) is 0. The zero-order valence-corrected chi connectivity index (χ0v) is 18.1. The molecule has 0 spiro atoms. The molecule has 0 aromatic heterocycles. The van der Waals surface area contributed by atoms with Crippen LogP contribution in [0.4, 0.5) is 9.59 Å². The number of hydrogen-bond acceptors (Lipinski definition) is 5. The Kier molecular flexibility index (Phi) is 11.0. The van der Waals surface area contributed by atoms with Crippen LogP contribution in [0.5, 0.6) is 0 Å². The van der Waals surface area contributed by atoms with E-state index in [1.54, 1.807) is 41.5 Å². The van der Waals surface area contributed by atoms with Crippen LogP contribution in [-0.2, 0) is 14.3 Å². The Bertz CT molecular complexity index is 478. The van der Waals surface area contributed by atoms with E-state index in [1.807, 2.05) is 0 Å². The number of nitrogens with zero attached hydrogens (tertiary/aromatic N) is 1. The number of ether oxygens (including phenoxy) is 2. The van der Waals surface area contributed by atoms with Gasteiger partial charge in [0, 0.05) is 19.4 Å². The fraction of sp³-hybridized carbons (Fsp3) is 0.850. The Labute approximate surface area is 164 Å². The van der Waals surface area contributed by atoms with E-state index in [0.717, 1.165) is 30.7 Å². The van der Waals surface area contributed by atoms with Gasteiger partial charge in [-0.05, 0) is 54.4 Å². The van der Waals surface area contributed by atoms with Crippen LogP contribution < -0.4 is 5.43 Å². The summed E-state index contributed by atoms with van der Waals surface area (Å²) in [6.45, 7) is 12.8. The lowest BCUT2D eigenvalue weighted by atomic mass is 10.1. The Morgan fingerprint density at radius 3 is 1.89 bits per heavy atom. The minimum atomic E-state index is -0.737. The summed E-state index contributed by atoms with van der Waals surface area (Å²) in [5.41, 5.74) is 1.04. The molecule has 2 amide bonds. The van der Waals surface area contributed by atoms with E-state index in [2.05, 4.69) is 12.3 Å². The topological polar surface area (TPSA) is 84.9 Å². The lowest BCUT2D eigenvalue weighted by Crippen LogP contribution is -2.50. The van der Waals surface area contributed by atoms with Crippen LogP contribution in [0.25, 0.3) is 0 Å². The van der Waals surface area contributed by atoms with Crippen LogP contribution in [0, 0.1) is 0 Å². The van der Waals surface area contributed by atoms with Gasteiger partial charge in [-0.15, -0.1) is 0 Å². The molecular formula is C20H38N2O5. The summed E-state index contributed by atoms with van der Waals surface area (Å²) < 4.78 is 10.5. The smallest absolute Gasteiger partial charge is 0.429 e. The quantitative estimate of drug-likeness (QED) is 0.446. The highest BCUT2D eigenvalue weighted by Gasteiger charge is 2.25. The van der Waals surface area contributed by atoms with Crippen molar-refractivity contribution in [2.45, 2.75) is 105 Å². The molecule has 0 unspecified atom stereocenters. The second-order valence-electron chi connectivity index (χ2n) is 8.70. The van der Waals surface area contributed by atoms with Crippen LogP contribution in [0.15, 0.2) is 0 Å². The SMILES string of the molecule is CCCCCCC(=O)CCCN(NC(=O)OC(C)(C)C)C(=O)OC(C)(C)C. The standard InChI is InChI=1S/C20H38N2O5/c1-8-9-10-11-13-16(23)14-12-15-22(18(25)27-20(5,6)7)21-17(24)26-19(2,3)4/h8-15H2,1-7H3,(H,21,24). The molecule has 0 rings (SSSR count). The molecular weight excluding hydrogens is 348 g/mol. The molecule has 0 bridgehead atoms. The highest BCUT2D eigenvalue weighted by molar-refractivity contribution is 5.78. The second-order valence-corrected chi connectivity index (χ2v) is 8.70. The lowest BCUT2D eigenvalue weighted by molar-refractivity contribution is -0.119. The van der Waals surface area contributed by atoms with Crippen LogP contribution in [0.2, 0.25) is 0 Å². The van der Waals surface area contributed by atoms with Gasteiger partial charge in [0.2, 0.25) is 0 Å². The van der Waals surface area contributed by atoms with E-state index in [-0.39, 0.29) is 12.3 Å². The first-order chi connectivity index (χ1) is 12.3. The summed E-state index contributed by atoms with van der Waals surface area (Å²) in [7, 11) is 0. The van der Waals surface area contributed by atoms with E-state index >= 15 is 0 Å². The fourth-order valence-corrected chi connectivity index (χ4v) is 2.23. The molecule has 0 aliphatic rings. The number of nitrogens with one attached hydrogen (secondary N) is 1. The van der Waals surface area contributed by atoms with Crippen LogP contribution in [0.3, 0.4) is 0 Å². The molecule has 27 heavy (non-hydrogen) atoms. The van der Waals surface area contributed by atoms with Gasteiger partial charge in [-0.25, -0.2) is 20.0 Å². The molecule has 7 nitrogen and oxygen atoms in total. The number of Topliss-reactive ketones (excluding diaryl/α,β-unsaturated/α-hetero) is 1. The Morgan fingerprint density at radius 1 is 0.815 bits per heavy atom. The average molecular weight is 387 g/mol. The first-order valence-corrected chi connectivity index (χ1v) is 9.86. The van der Waals surface area contributed by atoms with Crippen LogP contribution in [0.1, 0.15) is 93.4 Å². The third-order valence-electron chi connectivity index (χ3n) is 3.39. The normalized spacial score (nSPS) is 11.7. The van der Waals surface area contributed by atoms with E-state index in [9.17, 15) is 14.4 Å². The van der Waals surface area contributed by atoms with Crippen molar-refractivity contribution in [3.8, 4) is 0 Å². The van der Waals surface area contributed by atoms with Crippen molar-refractivity contribution in [2.24, 2.45) is 0 Å². The van der Waals surface area contributed by atoms with Gasteiger partial charge in [-0.1, -0.05) is 26.2 Å². The van der Waals surface area contributed by atoms with Crippen molar-refractivity contribution < 1.29 is 23.9 Å². The van der Waals surface area contributed by atoms with Gasteiger partial charge in [-0.2, -0.15) is 0 Å². The van der Waals surface area contributed by atoms with E-state index in [4.69, 9.17) is 9.47 Å². The molecule has 0 aliphatic heterocycles. The van der Waals surface area contributed by atoms with Crippen molar-refractivity contribution in [3.63, 3.8) is 0 Å². The first kappa shape index (κ1) is 25.2. The molecule has 0 aliphatic carbocycles. The molecule has 0 saturated carbocycles. The molecule has 158 valence electrons. The fourth-order valence-electron chi connectivity index (χ4n) is 2.23. The Hall–Kier alpha value is -1.79. The Morgan fingerprint density at radius 2 is 1.37 bits per heavy atom. The van der Waals surface area contributed by atoms with Crippen LogP contribution in [-0.4, -0.2) is 40.7 Å². The monoisotopic (exact) mass is 386 g/mol. The number of carbonyl (C=O) groups is 3.